The van der Waals surface area contributed by atoms with Gasteiger partial charge in [-0.2, -0.15) is 4.39 Å². The number of ether oxygens (including phenoxy) is 1. The van der Waals surface area contributed by atoms with Gasteiger partial charge >= 0.3 is 0 Å². The molecule has 0 saturated carbocycles. The van der Waals surface area contributed by atoms with Gasteiger partial charge in [-0.3, -0.25) is 0 Å². The highest BCUT2D eigenvalue weighted by molar-refractivity contribution is 14.1. The lowest BCUT2D eigenvalue weighted by Gasteiger charge is -2.08. The Labute approximate surface area is 174 Å². The molecule has 2 aromatic heterocycles. The van der Waals surface area contributed by atoms with Crippen LogP contribution in [0.25, 0.3) is 16.9 Å². The van der Waals surface area contributed by atoms with Crippen LogP contribution in [0.1, 0.15) is 5.56 Å². The van der Waals surface area contributed by atoms with E-state index in [1.54, 1.807) is 24.3 Å². The number of rotatable bonds is 5. The zero-order chi connectivity index (χ0) is 19.5. The Morgan fingerprint density at radius 2 is 1.68 bits per heavy atom. The van der Waals surface area contributed by atoms with Crippen LogP contribution in [0.15, 0.2) is 72.9 Å². The fourth-order valence-electron chi connectivity index (χ4n) is 2.76. The summed E-state index contributed by atoms with van der Waals surface area (Å²) in [6.07, 6.45) is 1.40. The van der Waals surface area contributed by atoms with Crippen molar-refractivity contribution in [2.45, 2.75) is 6.61 Å². The zero-order valence-electron chi connectivity index (χ0n) is 14.5. The lowest BCUT2D eigenvalue weighted by molar-refractivity contribution is 0.290. The Hall–Kier alpha value is -2.81. The summed E-state index contributed by atoms with van der Waals surface area (Å²) in [5.74, 6) is -0.643. The Morgan fingerprint density at radius 1 is 0.929 bits per heavy atom. The van der Waals surface area contributed by atoms with Gasteiger partial charge in [0.25, 0.3) is 0 Å². The monoisotopic (exact) mass is 489 g/mol. The molecule has 2 heterocycles. The van der Waals surface area contributed by atoms with Crippen LogP contribution in [0, 0.1) is 15.3 Å². The van der Waals surface area contributed by atoms with Crippen molar-refractivity contribution in [3.8, 4) is 22.8 Å². The Bertz CT molecular complexity index is 1100. The van der Waals surface area contributed by atoms with E-state index in [0.29, 0.717) is 27.3 Å². The topological polar surface area (TPSA) is 39.9 Å². The average Bonchev–Trinajstić information content (AvgIpc) is 3.04. The van der Waals surface area contributed by atoms with Crippen LogP contribution in [0.3, 0.4) is 0 Å². The van der Waals surface area contributed by atoms with Gasteiger partial charge < -0.3 is 4.74 Å². The van der Waals surface area contributed by atoms with Gasteiger partial charge in [0.05, 0.1) is 5.69 Å². The molecule has 4 rings (SSSR count). The molecule has 0 radical (unpaired) electrons. The third-order valence-corrected chi connectivity index (χ3v) is 5.07. The highest BCUT2D eigenvalue weighted by Gasteiger charge is 2.22. The van der Waals surface area contributed by atoms with Crippen LogP contribution in [-0.4, -0.2) is 14.8 Å². The molecule has 0 amide bonds. The maximum Gasteiger partial charge on any atom is 0.247 e. The van der Waals surface area contributed by atoms with Gasteiger partial charge in [0.1, 0.15) is 21.7 Å². The van der Waals surface area contributed by atoms with E-state index in [2.05, 4.69) is 32.7 Å². The molecule has 0 unspecified atom stereocenters. The fourth-order valence-corrected chi connectivity index (χ4v) is 3.56. The second-order valence-corrected chi connectivity index (χ2v) is 7.05. The first kappa shape index (κ1) is 18.5. The minimum Gasteiger partial charge on any atom is -0.471 e. The molecule has 0 fully saturated rings. The number of halogens is 3. The average molecular weight is 489 g/mol. The summed E-state index contributed by atoms with van der Waals surface area (Å²) < 4.78 is 35.8. The zero-order valence-corrected chi connectivity index (χ0v) is 16.7. The quantitative estimate of drug-likeness (QED) is 0.279. The predicted octanol–water partition coefficient (Wildman–Crippen LogP) is 5.40. The Kier molecular flexibility index (Phi) is 5.34. The second kappa shape index (κ2) is 8.05. The molecule has 28 heavy (non-hydrogen) atoms. The van der Waals surface area contributed by atoms with E-state index in [1.807, 2.05) is 30.3 Å². The van der Waals surface area contributed by atoms with E-state index < -0.39 is 11.8 Å². The highest BCUT2D eigenvalue weighted by atomic mass is 127. The molecule has 0 saturated heterocycles. The van der Waals surface area contributed by atoms with Gasteiger partial charge in [-0.1, -0.05) is 42.5 Å². The molecule has 0 aliphatic carbocycles. The first-order valence-electron chi connectivity index (χ1n) is 8.45. The van der Waals surface area contributed by atoms with Crippen LogP contribution in [-0.2, 0) is 6.61 Å². The molecule has 0 spiro atoms. The number of benzene rings is 2. The van der Waals surface area contributed by atoms with Crippen molar-refractivity contribution in [1.82, 2.24) is 14.8 Å². The van der Waals surface area contributed by atoms with E-state index in [1.165, 1.54) is 23.0 Å². The first-order valence-corrected chi connectivity index (χ1v) is 9.53. The minimum atomic E-state index is -0.587. The molecule has 0 aliphatic heterocycles. The third kappa shape index (κ3) is 3.75. The largest absolute Gasteiger partial charge is 0.471 e. The maximum atomic E-state index is 14.4. The first-order chi connectivity index (χ1) is 13.6. The van der Waals surface area contributed by atoms with Crippen molar-refractivity contribution >= 4 is 22.6 Å². The SMILES string of the molecule is Fc1ccc(-c2c(I)c(OCc3ccccc3)nn2-c2ccccc2F)cn1. The van der Waals surface area contributed by atoms with Crippen molar-refractivity contribution in [3.63, 3.8) is 0 Å². The molecular formula is C21H14F2IN3O. The summed E-state index contributed by atoms with van der Waals surface area (Å²) in [7, 11) is 0. The van der Waals surface area contributed by atoms with Gasteiger partial charge in [0, 0.05) is 11.8 Å². The molecule has 0 aliphatic rings. The number of hydrogen-bond acceptors (Lipinski definition) is 3. The van der Waals surface area contributed by atoms with E-state index in [0.717, 1.165) is 5.56 Å². The smallest absolute Gasteiger partial charge is 0.247 e. The van der Waals surface area contributed by atoms with Gasteiger partial charge in [0.2, 0.25) is 11.8 Å². The van der Waals surface area contributed by atoms with Crippen molar-refractivity contribution in [2.75, 3.05) is 0 Å². The van der Waals surface area contributed by atoms with Gasteiger partial charge in [-0.05, 0) is 52.4 Å². The van der Waals surface area contributed by atoms with Gasteiger partial charge in [0.15, 0.2) is 0 Å². The lowest BCUT2D eigenvalue weighted by atomic mass is 10.2. The van der Waals surface area contributed by atoms with E-state index in [-0.39, 0.29) is 5.69 Å². The molecule has 0 N–H and O–H groups in total. The summed E-state index contributed by atoms with van der Waals surface area (Å²) in [6, 6.07) is 18.9. The van der Waals surface area contributed by atoms with Crippen molar-refractivity contribution < 1.29 is 13.5 Å². The van der Waals surface area contributed by atoms with E-state index in [4.69, 9.17) is 4.74 Å². The summed E-state index contributed by atoms with van der Waals surface area (Å²) in [5.41, 5.74) is 2.45. The summed E-state index contributed by atoms with van der Waals surface area (Å²) >= 11 is 2.10. The molecule has 7 heteroatoms. The maximum absolute atomic E-state index is 14.4. The predicted molar refractivity (Wildman–Crippen MR) is 110 cm³/mol. The summed E-state index contributed by atoms with van der Waals surface area (Å²) in [5, 5.41) is 4.48. The molecule has 4 aromatic rings. The lowest BCUT2D eigenvalue weighted by Crippen LogP contribution is -2.03. The number of nitrogens with zero attached hydrogens (tertiary/aromatic N) is 3. The summed E-state index contributed by atoms with van der Waals surface area (Å²) in [4.78, 5) is 3.71. The molecule has 0 atom stereocenters. The van der Waals surface area contributed by atoms with E-state index >= 15 is 0 Å². The number of hydrogen-bond donors (Lipinski definition) is 0. The van der Waals surface area contributed by atoms with Crippen LogP contribution >= 0.6 is 22.6 Å². The van der Waals surface area contributed by atoms with Crippen LogP contribution in [0.4, 0.5) is 8.78 Å². The fraction of sp³-hybridized carbons (Fsp3) is 0.0476. The van der Waals surface area contributed by atoms with Crippen molar-refractivity contribution in [2.24, 2.45) is 0 Å². The molecule has 140 valence electrons. The number of aromatic nitrogens is 3. The normalized spacial score (nSPS) is 10.8. The van der Waals surface area contributed by atoms with Crippen molar-refractivity contribution in [1.29, 1.82) is 0 Å². The Morgan fingerprint density at radius 3 is 2.39 bits per heavy atom. The molecule has 2 aromatic carbocycles. The molecule has 0 bridgehead atoms. The molecule has 4 nitrogen and oxygen atoms in total. The number of para-hydroxylation sites is 1. The second-order valence-electron chi connectivity index (χ2n) is 5.97. The van der Waals surface area contributed by atoms with Crippen molar-refractivity contribution in [3.05, 3.63) is 93.8 Å². The van der Waals surface area contributed by atoms with Crippen LogP contribution in [0.2, 0.25) is 0 Å². The highest BCUT2D eigenvalue weighted by Crippen LogP contribution is 2.34. The molecular weight excluding hydrogens is 475 g/mol. The van der Waals surface area contributed by atoms with Gasteiger partial charge in [-0.15, -0.1) is 5.10 Å². The third-order valence-electron chi connectivity index (χ3n) is 4.10. The standard InChI is InChI=1S/C21H14F2IN3O/c22-16-8-4-5-9-17(16)27-20(15-10-11-18(23)25-12-15)19(24)21(26-27)28-13-14-6-2-1-3-7-14/h1-12H,13H2. The Balaban J connectivity index is 1.79. The minimum absolute atomic E-state index is 0.273. The van der Waals surface area contributed by atoms with Crippen LogP contribution in [0.5, 0.6) is 5.88 Å². The summed E-state index contributed by atoms with van der Waals surface area (Å²) in [6.45, 7) is 0.326. The van der Waals surface area contributed by atoms with Gasteiger partial charge in [-0.25, -0.2) is 14.1 Å². The number of pyridine rings is 1. The van der Waals surface area contributed by atoms with Crippen LogP contribution < -0.4 is 4.74 Å². The van der Waals surface area contributed by atoms with E-state index in [9.17, 15) is 8.78 Å².